The third-order valence-corrected chi connectivity index (χ3v) is 7.24. The van der Waals surface area contributed by atoms with Gasteiger partial charge in [0.05, 0.1) is 24.5 Å². The molecule has 0 radical (unpaired) electrons. The smallest absolute Gasteiger partial charge is 0.316 e. The molecule has 2 unspecified atom stereocenters. The first-order valence-corrected chi connectivity index (χ1v) is 12.7. The van der Waals surface area contributed by atoms with E-state index in [4.69, 9.17) is 10.5 Å². The second-order valence-corrected chi connectivity index (χ2v) is 9.74. The zero-order chi connectivity index (χ0) is 23.4. The third kappa shape index (κ3) is 5.74. The van der Waals surface area contributed by atoms with Gasteiger partial charge in [-0.15, -0.1) is 0 Å². The lowest BCUT2D eigenvalue weighted by Gasteiger charge is -2.31. The highest BCUT2D eigenvalue weighted by atomic mass is 32.2. The predicted molar refractivity (Wildman–Crippen MR) is 129 cm³/mol. The van der Waals surface area contributed by atoms with Gasteiger partial charge in [0.2, 0.25) is 0 Å². The van der Waals surface area contributed by atoms with Crippen molar-refractivity contribution in [1.82, 2.24) is 9.78 Å². The average Bonchev–Trinajstić information content (AvgIpc) is 3.53. The highest BCUT2D eigenvalue weighted by Gasteiger charge is 2.24. The van der Waals surface area contributed by atoms with Gasteiger partial charge in [-0.3, -0.25) is 13.2 Å². The molecule has 2 heterocycles. The topological polar surface area (TPSA) is 126 Å². The molecule has 1 aromatic heterocycles. The minimum atomic E-state index is -2.29. The summed E-state index contributed by atoms with van der Waals surface area (Å²) in [5.74, 6) is 0. The first kappa shape index (κ1) is 23.7. The van der Waals surface area contributed by atoms with Crippen molar-refractivity contribution in [2.24, 2.45) is 12.8 Å². The molecule has 2 aromatic rings. The third-order valence-electron chi connectivity index (χ3n) is 6.52. The van der Waals surface area contributed by atoms with Crippen LogP contribution in [0.3, 0.4) is 0 Å². The molecule has 1 aromatic carbocycles. The Morgan fingerprint density at radius 3 is 2.48 bits per heavy atom. The van der Waals surface area contributed by atoms with Crippen LogP contribution in [0.1, 0.15) is 55.8 Å². The highest BCUT2D eigenvalue weighted by Crippen LogP contribution is 2.38. The van der Waals surface area contributed by atoms with Crippen LogP contribution in [0.25, 0.3) is 0 Å². The number of anilines is 2. The molecule has 33 heavy (non-hydrogen) atoms. The van der Waals surface area contributed by atoms with Crippen molar-refractivity contribution in [2.75, 3.05) is 22.8 Å². The van der Waals surface area contributed by atoms with E-state index in [2.05, 4.69) is 16.5 Å². The minimum Gasteiger partial charge on any atom is -0.755 e. The van der Waals surface area contributed by atoms with Gasteiger partial charge in [-0.05, 0) is 80.0 Å². The number of primary amides is 1. The Bertz CT molecular complexity index is 993. The Morgan fingerprint density at radius 2 is 1.97 bits per heavy atom. The number of aryl methyl sites for hydroxylation is 3. The largest absolute Gasteiger partial charge is 0.755 e. The number of hydrogen-bond donors (Lipinski definition) is 2. The summed E-state index contributed by atoms with van der Waals surface area (Å²) >= 11 is -2.29. The molecule has 1 saturated heterocycles. The van der Waals surface area contributed by atoms with E-state index < -0.39 is 17.3 Å². The molecule has 3 N–H and O–H groups in total. The molecule has 2 amide bonds. The number of carbonyl (C=O) groups is 1. The maximum Gasteiger partial charge on any atom is 0.316 e. The number of carbonyl (C=O) groups excluding carboxylic acids is 1. The molecule has 10 heteroatoms. The molecule has 2 aliphatic carbocycles. The summed E-state index contributed by atoms with van der Waals surface area (Å²) < 4.78 is 30.9. The van der Waals surface area contributed by atoms with Gasteiger partial charge in [0.25, 0.3) is 0 Å². The van der Waals surface area contributed by atoms with Gasteiger partial charge < -0.3 is 20.3 Å². The van der Waals surface area contributed by atoms with Gasteiger partial charge in [0, 0.05) is 38.2 Å². The average molecular weight is 477 g/mol. The normalized spacial score (nSPS) is 19.8. The van der Waals surface area contributed by atoms with Crippen molar-refractivity contribution in [3.05, 3.63) is 40.7 Å². The van der Waals surface area contributed by atoms with E-state index in [1.165, 1.54) is 39.4 Å². The molecular formula is C23H34N5O4S-. The summed E-state index contributed by atoms with van der Waals surface area (Å²) in [6.07, 6.45) is 13.1. The Balaban J connectivity index is 0.000000185. The number of aromatic nitrogens is 2. The first-order chi connectivity index (χ1) is 15.9. The van der Waals surface area contributed by atoms with Crippen LogP contribution in [-0.4, -0.2) is 43.8 Å². The van der Waals surface area contributed by atoms with Crippen LogP contribution in [0.5, 0.6) is 0 Å². The Kier molecular flexibility index (Phi) is 7.67. The molecule has 0 spiro atoms. The van der Waals surface area contributed by atoms with Crippen molar-refractivity contribution < 1.29 is 19.7 Å². The lowest BCUT2D eigenvalue weighted by Crippen LogP contribution is -2.36. The van der Waals surface area contributed by atoms with E-state index in [0.29, 0.717) is 12.2 Å². The molecule has 0 saturated carbocycles. The summed E-state index contributed by atoms with van der Waals surface area (Å²) in [4.78, 5) is 11.1. The Hall–Kier alpha value is -2.43. The van der Waals surface area contributed by atoms with Gasteiger partial charge in [0.1, 0.15) is 0 Å². The molecule has 0 bridgehead atoms. The maximum atomic E-state index is 11.2. The Labute approximate surface area is 198 Å². The molecular weight excluding hydrogens is 442 g/mol. The van der Waals surface area contributed by atoms with E-state index >= 15 is 0 Å². The Morgan fingerprint density at radius 1 is 1.27 bits per heavy atom. The number of nitrogens with zero attached hydrogens (tertiary/aromatic N) is 3. The van der Waals surface area contributed by atoms with Crippen molar-refractivity contribution in [3.63, 3.8) is 0 Å². The number of fused-ring (bicyclic) bond motifs is 2. The monoisotopic (exact) mass is 476 g/mol. The summed E-state index contributed by atoms with van der Waals surface area (Å²) in [5, 5.41) is 6.82. The van der Waals surface area contributed by atoms with Crippen molar-refractivity contribution in [1.29, 1.82) is 0 Å². The van der Waals surface area contributed by atoms with Crippen molar-refractivity contribution in [2.45, 2.75) is 63.9 Å². The predicted octanol–water partition coefficient (Wildman–Crippen LogP) is 2.99. The van der Waals surface area contributed by atoms with Crippen LogP contribution >= 0.6 is 0 Å². The fraction of sp³-hybridized carbons (Fsp3) is 0.565. The molecule has 1 aliphatic heterocycles. The zero-order valence-electron chi connectivity index (χ0n) is 19.0. The summed E-state index contributed by atoms with van der Waals surface area (Å²) in [6, 6.07) is 1.91. The highest BCUT2D eigenvalue weighted by molar-refractivity contribution is 7.80. The number of nitrogens with one attached hydrogen (secondary N) is 1. The number of nitrogens with two attached hydrogens (primary N) is 1. The van der Waals surface area contributed by atoms with E-state index in [-0.39, 0.29) is 7.53 Å². The van der Waals surface area contributed by atoms with E-state index in [0.717, 1.165) is 57.2 Å². The number of urea groups is 1. The first-order valence-electron chi connectivity index (χ1n) is 11.6. The lowest BCUT2D eigenvalue weighted by atomic mass is 9.99. The van der Waals surface area contributed by atoms with E-state index in [9.17, 15) is 13.6 Å². The summed E-state index contributed by atoms with van der Waals surface area (Å²) in [6.45, 7) is 1.08. The molecule has 9 nitrogen and oxygen atoms in total. The summed E-state index contributed by atoms with van der Waals surface area (Å²) in [7, 11) is 1.76. The van der Waals surface area contributed by atoms with Crippen LogP contribution in [0.15, 0.2) is 18.5 Å². The van der Waals surface area contributed by atoms with E-state index in [1.807, 2.05) is 0 Å². The van der Waals surface area contributed by atoms with Crippen LogP contribution in [0.4, 0.5) is 16.2 Å². The fourth-order valence-corrected chi connectivity index (χ4v) is 5.57. The van der Waals surface area contributed by atoms with Crippen LogP contribution < -0.4 is 15.4 Å². The van der Waals surface area contributed by atoms with Crippen LogP contribution in [0, 0.1) is 0 Å². The summed E-state index contributed by atoms with van der Waals surface area (Å²) in [5.41, 5.74) is 12.4. The van der Waals surface area contributed by atoms with Crippen LogP contribution in [-0.2, 0) is 48.7 Å². The molecule has 5 rings (SSSR count). The quantitative estimate of drug-likeness (QED) is 0.642. The zero-order valence-corrected chi connectivity index (χ0v) is 19.9. The standard InChI is InChI=1S/C13H16N2O.C10H17N3O3S.H2/c14-13(16)15-12-10-5-1-3-8(10)7-9-4-2-6-11(9)12;1-12-7-9(6-11-12)13(17(14)15)8-10-4-2-3-5-16-10;/h7H,1-6H2,(H3,14,15,16);6-7,10H,2-5,8H2,1H3,(H,14,15);1H/p-1. The number of ether oxygens (including phenoxy) is 1. The van der Waals surface area contributed by atoms with Crippen molar-refractivity contribution in [3.8, 4) is 0 Å². The maximum absolute atomic E-state index is 11.2. The van der Waals surface area contributed by atoms with Crippen LogP contribution in [0.2, 0.25) is 0 Å². The van der Waals surface area contributed by atoms with Gasteiger partial charge >= 0.3 is 6.03 Å². The van der Waals surface area contributed by atoms with Gasteiger partial charge in [0.15, 0.2) is 0 Å². The van der Waals surface area contributed by atoms with Gasteiger partial charge in [-0.2, -0.15) is 5.10 Å². The minimum absolute atomic E-state index is 0. The van der Waals surface area contributed by atoms with Gasteiger partial charge in [-0.25, -0.2) is 4.79 Å². The molecule has 2 atom stereocenters. The SMILES string of the molecule is Cn1cc(N(CC2CCCCO2)S(=O)[O-])cn1.NC(=O)Nc1c2c(cc3c1CCC3)CCC2.[HH]. The second-order valence-electron chi connectivity index (χ2n) is 8.86. The lowest BCUT2D eigenvalue weighted by molar-refractivity contribution is 0.0228. The molecule has 182 valence electrons. The molecule has 3 aliphatic rings. The number of amides is 2. The number of benzene rings is 1. The second kappa shape index (κ2) is 10.7. The fourth-order valence-electron chi connectivity index (χ4n) is 5.02. The van der Waals surface area contributed by atoms with Gasteiger partial charge in [-0.1, -0.05) is 6.07 Å². The van der Waals surface area contributed by atoms with Crippen molar-refractivity contribution >= 4 is 28.7 Å². The number of hydrogen-bond acceptors (Lipinski definition) is 5. The number of rotatable bonds is 5. The van der Waals surface area contributed by atoms with E-state index in [1.54, 1.807) is 24.1 Å². The molecule has 1 fully saturated rings.